The lowest BCUT2D eigenvalue weighted by atomic mass is 10.1. The van der Waals surface area contributed by atoms with Gasteiger partial charge in [0.25, 0.3) is 5.91 Å². The molecule has 0 bridgehead atoms. The Kier molecular flexibility index (Phi) is 5.09. The van der Waals surface area contributed by atoms with E-state index in [1.54, 1.807) is 19.1 Å². The fourth-order valence-electron chi connectivity index (χ4n) is 2.40. The normalized spacial score (nSPS) is 11.8. The smallest absolute Gasteiger partial charge is 0.263 e. The van der Waals surface area contributed by atoms with Gasteiger partial charge in [-0.05, 0) is 43.7 Å². The number of amides is 1. The van der Waals surface area contributed by atoms with Crippen LogP contribution in [0.25, 0.3) is 0 Å². The van der Waals surface area contributed by atoms with Gasteiger partial charge in [0, 0.05) is 5.69 Å². The molecule has 0 fully saturated rings. The molecule has 3 aromatic rings. The van der Waals surface area contributed by atoms with E-state index in [1.165, 1.54) is 23.5 Å². The second-order valence-corrected chi connectivity index (χ2v) is 6.67. The van der Waals surface area contributed by atoms with Gasteiger partial charge < -0.3 is 10.6 Å². The van der Waals surface area contributed by atoms with Crippen LogP contribution < -0.4 is 10.6 Å². The number of nitrogens with one attached hydrogen (secondary N) is 2. The highest BCUT2D eigenvalue weighted by Gasteiger charge is 2.18. The maximum Gasteiger partial charge on any atom is 0.263 e. The highest BCUT2D eigenvalue weighted by molar-refractivity contribution is 7.17. The van der Waals surface area contributed by atoms with Crippen LogP contribution in [-0.4, -0.2) is 10.9 Å². The minimum absolute atomic E-state index is 0.0938. The summed E-state index contributed by atoms with van der Waals surface area (Å²) in [6.07, 6.45) is 0. The van der Waals surface area contributed by atoms with Crippen molar-refractivity contribution in [2.75, 3.05) is 5.32 Å². The molecule has 1 heterocycles. The lowest BCUT2D eigenvalue weighted by molar-refractivity contribution is 0.0943. The molecule has 2 N–H and O–H groups in total. The van der Waals surface area contributed by atoms with Gasteiger partial charge >= 0.3 is 0 Å². The number of hydrogen-bond acceptors (Lipinski definition) is 4. The van der Waals surface area contributed by atoms with E-state index >= 15 is 0 Å². The Hall–Kier alpha value is -2.73. The topological polar surface area (TPSA) is 54.0 Å². The van der Waals surface area contributed by atoms with Gasteiger partial charge in [-0.25, -0.2) is 9.37 Å². The van der Waals surface area contributed by atoms with Crippen molar-refractivity contribution in [3.05, 3.63) is 76.5 Å². The van der Waals surface area contributed by atoms with Gasteiger partial charge in [-0.15, -0.1) is 0 Å². The minimum Gasteiger partial charge on any atom is -0.345 e. The molecular formula is C19H18FN3OS. The standard InChI is InChI=1S/C19H18FN3OS/c1-12(14-6-4-3-5-7-14)21-18(24)17-13(2)22-19(25-17)23-16-10-8-15(20)9-11-16/h3-12H,1-2H3,(H,21,24)(H,22,23)/t12-/m1/s1. The maximum atomic E-state index is 13.0. The Morgan fingerprint density at radius 2 is 1.80 bits per heavy atom. The molecule has 3 rings (SSSR count). The second-order valence-electron chi connectivity index (χ2n) is 5.67. The second kappa shape index (κ2) is 7.44. The molecule has 128 valence electrons. The summed E-state index contributed by atoms with van der Waals surface area (Å²) in [7, 11) is 0. The fourth-order valence-corrected chi connectivity index (χ4v) is 3.29. The van der Waals surface area contributed by atoms with Crippen molar-refractivity contribution >= 4 is 28.1 Å². The van der Waals surface area contributed by atoms with Gasteiger partial charge in [0.05, 0.1) is 11.7 Å². The van der Waals surface area contributed by atoms with Crippen molar-refractivity contribution in [1.29, 1.82) is 0 Å². The van der Waals surface area contributed by atoms with E-state index in [9.17, 15) is 9.18 Å². The molecule has 0 saturated heterocycles. The van der Waals surface area contributed by atoms with E-state index in [0.717, 1.165) is 11.3 Å². The Morgan fingerprint density at radius 3 is 2.48 bits per heavy atom. The molecule has 4 nitrogen and oxygen atoms in total. The molecular weight excluding hydrogens is 337 g/mol. The van der Waals surface area contributed by atoms with Gasteiger partial charge in [-0.3, -0.25) is 4.79 Å². The molecule has 2 aromatic carbocycles. The SMILES string of the molecule is Cc1nc(Nc2ccc(F)cc2)sc1C(=O)N[C@H](C)c1ccccc1. The molecule has 0 aliphatic rings. The number of benzene rings is 2. The minimum atomic E-state index is -0.296. The molecule has 1 amide bonds. The number of carbonyl (C=O) groups is 1. The number of rotatable bonds is 5. The Labute approximate surface area is 149 Å². The van der Waals surface area contributed by atoms with Crippen molar-refractivity contribution < 1.29 is 9.18 Å². The molecule has 1 aromatic heterocycles. The largest absolute Gasteiger partial charge is 0.345 e. The lowest BCUT2D eigenvalue weighted by Gasteiger charge is -2.13. The van der Waals surface area contributed by atoms with Crippen LogP contribution in [0.4, 0.5) is 15.2 Å². The summed E-state index contributed by atoms with van der Waals surface area (Å²) in [5.41, 5.74) is 2.43. The van der Waals surface area contributed by atoms with Crippen LogP contribution in [0.3, 0.4) is 0 Å². The summed E-state index contributed by atoms with van der Waals surface area (Å²) in [5.74, 6) is -0.450. The highest BCUT2D eigenvalue weighted by atomic mass is 32.1. The summed E-state index contributed by atoms with van der Waals surface area (Å²) < 4.78 is 13.0. The predicted molar refractivity (Wildman–Crippen MR) is 98.9 cm³/mol. The number of nitrogens with zero attached hydrogens (tertiary/aromatic N) is 1. The zero-order chi connectivity index (χ0) is 17.8. The van der Waals surface area contributed by atoms with Crippen LogP contribution in [0, 0.1) is 12.7 Å². The number of aryl methyl sites for hydroxylation is 1. The fraction of sp³-hybridized carbons (Fsp3) is 0.158. The maximum absolute atomic E-state index is 13.0. The van der Waals surface area contributed by atoms with Crippen molar-refractivity contribution in [3.63, 3.8) is 0 Å². The quantitative estimate of drug-likeness (QED) is 0.689. The van der Waals surface area contributed by atoms with Gasteiger partial charge in [-0.2, -0.15) is 0 Å². The summed E-state index contributed by atoms with van der Waals surface area (Å²) in [5, 5.41) is 6.68. The monoisotopic (exact) mass is 355 g/mol. The first-order valence-electron chi connectivity index (χ1n) is 7.89. The summed E-state index contributed by atoms with van der Waals surface area (Å²) >= 11 is 1.28. The van der Waals surface area contributed by atoms with E-state index in [0.29, 0.717) is 15.7 Å². The van der Waals surface area contributed by atoms with Crippen LogP contribution in [0.1, 0.15) is 33.9 Å². The van der Waals surface area contributed by atoms with Crippen molar-refractivity contribution in [2.45, 2.75) is 19.9 Å². The molecule has 0 saturated carbocycles. The molecule has 0 unspecified atom stereocenters. The summed E-state index contributed by atoms with van der Waals surface area (Å²) in [6, 6.07) is 15.7. The van der Waals surface area contributed by atoms with Crippen LogP contribution in [-0.2, 0) is 0 Å². The Bertz CT molecular complexity index is 862. The predicted octanol–water partition coefficient (Wildman–Crippen LogP) is 4.83. The number of carbonyl (C=O) groups excluding carboxylic acids is 1. The van der Waals surface area contributed by atoms with Crippen LogP contribution >= 0.6 is 11.3 Å². The first kappa shape index (κ1) is 17.1. The zero-order valence-electron chi connectivity index (χ0n) is 13.9. The van der Waals surface area contributed by atoms with Crippen molar-refractivity contribution in [2.24, 2.45) is 0 Å². The van der Waals surface area contributed by atoms with Gasteiger partial charge in [0.2, 0.25) is 0 Å². The lowest BCUT2D eigenvalue weighted by Crippen LogP contribution is -2.26. The third-order valence-corrected chi connectivity index (χ3v) is 4.82. The van der Waals surface area contributed by atoms with Crippen molar-refractivity contribution in [3.8, 4) is 0 Å². The van der Waals surface area contributed by atoms with Gasteiger partial charge in [0.15, 0.2) is 5.13 Å². The Balaban J connectivity index is 1.71. The molecule has 0 spiro atoms. The van der Waals surface area contributed by atoms with Crippen molar-refractivity contribution in [1.82, 2.24) is 10.3 Å². The number of anilines is 2. The average Bonchev–Trinajstić information content (AvgIpc) is 2.98. The molecule has 0 aliphatic carbocycles. The number of thiazole rings is 1. The first-order chi connectivity index (χ1) is 12.0. The van der Waals surface area contributed by atoms with Crippen LogP contribution in [0.15, 0.2) is 54.6 Å². The third kappa shape index (κ3) is 4.22. The van der Waals surface area contributed by atoms with Gasteiger partial charge in [-0.1, -0.05) is 41.7 Å². The molecule has 0 aliphatic heterocycles. The highest BCUT2D eigenvalue weighted by Crippen LogP contribution is 2.26. The molecule has 6 heteroatoms. The molecule has 25 heavy (non-hydrogen) atoms. The van der Waals surface area contributed by atoms with Crippen LogP contribution in [0.5, 0.6) is 0 Å². The van der Waals surface area contributed by atoms with E-state index in [-0.39, 0.29) is 17.8 Å². The van der Waals surface area contributed by atoms with Gasteiger partial charge in [0.1, 0.15) is 10.7 Å². The number of aromatic nitrogens is 1. The number of hydrogen-bond donors (Lipinski definition) is 2. The molecule has 0 radical (unpaired) electrons. The first-order valence-corrected chi connectivity index (χ1v) is 8.70. The number of halogens is 1. The Morgan fingerprint density at radius 1 is 1.12 bits per heavy atom. The summed E-state index contributed by atoms with van der Waals surface area (Å²) in [6.45, 7) is 3.75. The zero-order valence-corrected chi connectivity index (χ0v) is 14.7. The molecule has 1 atom stereocenters. The third-order valence-electron chi connectivity index (χ3n) is 3.75. The van der Waals surface area contributed by atoms with E-state index in [2.05, 4.69) is 15.6 Å². The summed E-state index contributed by atoms with van der Waals surface area (Å²) in [4.78, 5) is 17.5. The van der Waals surface area contributed by atoms with Crippen LogP contribution in [0.2, 0.25) is 0 Å². The van der Waals surface area contributed by atoms with E-state index in [4.69, 9.17) is 0 Å². The average molecular weight is 355 g/mol. The van der Waals surface area contributed by atoms with E-state index < -0.39 is 0 Å². The van der Waals surface area contributed by atoms with E-state index in [1.807, 2.05) is 37.3 Å².